The third kappa shape index (κ3) is 3.82. The average Bonchev–Trinajstić information content (AvgIpc) is 2.94. The van der Waals surface area contributed by atoms with Crippen molar-refractivity contribution in [2.24, 2.45) is 5.73 Å². The van der Waals surface area contributed by atoms with Crippen molar-refractivity contribution in [2.45, 2.75) is 39.8 Å². The molecule has 0 bridgehead atoms. The molecule has 0 radical (unpaired) electrons. The first-order valence-corrected chi connectivity index (χ1v) is 7.49. The van der Waals surface area contributed by atoms with E-state index in [9.17, 15) is 0 Å². The molecule has 1 atom stereocenters. The lowest BCUT2D eigenvalue weighted by molar-refractivity contribution is 0.296. The first-order valence-electron chi connectivity index (χ1n) is 7.08. The molecule has 4 nitrogen and oxygen atoms in total. The van der Waals surface area contributed by atoms with Crippen LogP contribution in [-0.2, 0) is 6.61 Å². The number of hydrogen-bond acceptors (Lipinski definition) is 3. The molecule has 1 heterocycles. The molecule has 21 heavy (non-hydrogen) atoms. The van der Waals surface area contributed by atoms with Crippen molar-refractivity contribution in [3.8, 4) is 5.75 Å². The number of rotatable bonds is 6. The van der Waals surface area contributed by atoms with Crippen LogP contribution in [-0.4, -0.2) is 14.8 Å². The Morgan fingerprint density at radius 3 is 2.86 bits per heavy atom. The smallest absolute Gasteiger partial charge is 0.132 e. The zero-order chi connectivity index (χ0) is 15.4. The minimum Gasteiger partial charge on any atom is -0.487 e. The van der Waals surface area contributed by atoms with Crippen LogP contribution >= 0.6 is 12.2 Å². The zero-order valence-corrected chi connectivity index (χ0v) is 13.5. The van der Waals surface area contributed by atoms with Gasteiger partial charge in [-0.25, -0.2) is 0 Å². The summed E-state index contributed by atoms with van der Waals surface area (Å²) in [5.41, 5.74) is 8.43. The van der Waals surface area contributed by atoms with Crippen molar-refractivity contribution < 1.29 is 4.74 Å². The Balaban J connectivity index is 2.07. The first kappa shape index (κ1) is 15.5. The molecule has 112 valence electrons. The summed E-state index contributed by atoms with van der Waals surface area (Å²) in [7, 11) is 0. The van der Waals surface area contributed by atoms with Gasteiger partial charge in [0.05, 0.1) is 5.69 Å². The molecule has 0 saturated heterocycles. The minimum absolute atomic E-state index is 0.376. The van der Waals surface area contributed by atoms with E-state index in [0.717, 1.165) is 29.0 Å². The minimum atomic E-state index is 0.376. The molecule has 2 rings (SSSR count). The van der Waals surface area contributed by atoms with Crippen molar-refractivity contribution >= 4 is 17.2 Å². The van der Waals surface area contributed by atoms with E-state index >= 15 is 0 Å². The summed E-state index contributed by atoms with van der Waals surface area (Å²) >= 11 is 4.99. The van der Waals surface area contributed by atoms with Gasteiger partial charge in [-0.3, -0.25) is 4.68 Å². The van der Waals surface area contributed by atoms with Crippen LogP contribution < -0.4 is 10.5 Å². The summed E-state index contributed by atoms with van der Waals surface area (Å²) in [6.45, 7) is 6.72. The lowest BCUT2D eigenvalue weighted by Gasteiger charge is -2.10. The van der Waals surface area contributed by atoms with E-state index in [0.29, 0.717) is 17.6 Å². The second-order valence-corrected chi connectivity index (χ2v) is 5.62. The van der Waals surface area contributed by atoms with Crippen LogP contribution in [0.1, 0.15) is 43.1 Å². The summed E-state index contributed by atoms with van der Waals surface area (Å²) in [6, 6.07) is 8.13. The molecule has 0 aliphatic heterocycles. The van der Waals surface area contributed by atoms with E-state index in [1.807, 2.05) is 42.1 Å². The van der Waals surface area contributed by atoms with Crippen LogP contribution in [0.15, 0.2) is 30.5 Å². The third-order valence-electron chi connectivity index (χ3n) is 3.55. The van der Waals surface area contributed by atoms with Gasteiger partial charge in [-0.1, -0.05) is 31.3 Å². The molecule has 0 aliphatic rings. The van der Waals surface area contributed by atoms with Gasteiger partial charge in [0.2, 0.25) is 0 Å². The second-order valence-electron chi connectivity index (χ2n) is 5.18. The third-order valence-corrected chi connectivity index (χ3v) is 3.79. The van der Waals surface area contributed by atoms with E-state index in [1.54, 1.807) is 0 Å². The highest BCUT2D eigenvalue weighted by molar-refractivity contribution is 7.80. The van der Waals surface area contributed by atoms with Crippen molar-refractivity contribution in [3.63, 3.8) is 0 Å². The Morgan fingerprint density at radius 1 is 1.43 bits per heavy atom. The Hall–Kier alpha value is -1.88. The monoisotopic (exact) mass is 303 g/mol. The number of nitrogens with two attached hydrogens (primary N) is 1. The molecule has 0 amide bonds. The number of benzene rings is 1. The van der Waals surface area contributed by atoms with Gasteiger partial charge in [0, 0.05) is 17.8 Å². The number of aryl methyl sites for hydroxylation is 1. The van der Waals surface area contributed by atoms with E-state index in [-0.39, 0.29) is 0 Å². The van der Waals surface area contributed by atoms with Gasteiger partial charge >= 0.3 is 0 Å². The van der Waals surface area contributed by atoms with Crippen LogP contribution in [0.5, 0.6) is 5.75 Å². The molecular weight excluding hydrogens is 282 g/mol. The summed E-state index contributed by atoms with van der Waals surface area (Å²) in [5, 5.41) is 4.52. The van der Waals surface area contributed by atoms with E-state index in [1.165, 1.54) is 0 Å². The Morgan fingerprint density at radius 2 is 2.19 bits per heavy atom. The maximum atomic E-state index is 5.85. The number of ether oxygens (including phenoxy) is 1. The molecule has 2 aromatic rings. The lowest BCUT2D eigenvalue weighted by atomic mass is 10.1. The summed E-state index contributed by atoms with van der Waals surface area (Å²) in [6.07, 6.45) is 3.04. The highest BCUT2D eigenvalue weighted by Crippen LogP contribution is 2.21. The summed E-state index contributed by atoms with van der Waals surface area (Å²) in [4.78, 5) is 0.376. The van der Waals surface area contributed by atoms with Crippen LogP contribution in [0.2, 0.25) is 0 Å². The molecule has 1 aromatic carbocycles. The largest absolute Gasteiger partial charge is 0.487 e. The SMILES string of the molecule is CCC(C)n1ccc(COc2cc(C(N)=S)ccc2C)n1. The van der Waals surface area contributed by atoms with Gasteiger partial charge in [0.1, 0.15) is 17.3 Å². The Kier molecular flexibility index (Phi) is 4.96. The summed E-state index contributed by atoms with van der Waals surface area (Å²) < 4.78 is 7.82. The number of hydrogen-bond donors (Lipinski definition) is 1. The maximum Gasteiger partial charge on any atom is 0.132 e. The first-order chi connectivity index (χ1) is 10.0. The molecule has 1 aromatic heterocycles. The van der Waals surface area contributed by atoms with Gasteiger partial charge in [-0.05, 0) is 38.0 Å². The molecule has 0 fully saturated rings. The second kappa shape index (κ2) is 6.72. The predicted octanol–water partition coefficient (Wildman–Crippen LogP) is 3.38. The quantitative estimate of drug-likeness (QED) is 0.831. The predicted molar refractivity (Wildman–Crippen MR) is 88.6 cm³/mol. The van der Waals surface area contributed by atoms with E-state index in [4.69, 9.17) is 22.7 Å². The van der Waals surface area contributed by atoms with E-state index in [2.05, 4.69) is 18.9 Å². The van der Waals surface area contributed by atoms with Gasteiger partial charge in [-0.2, -0.15) is 5.10 Å². The summed E-state index contributed by atoms with van der Waals surface area (Å²) in [5.74, 6) is 0.790. The highest BCUT2D eigenvalue weighted by Gasteiger charge is 2.07. The van der Waals surface area contributed by atoms with Gasteiger partial charge in [0.15, 0.2) is 0 Å². The molecule has 5 heteroatoms. The van der Waals surface area contributed by atoms with Crippen LogP contribution in [0, 0.1) is 6.92 Å². The fourth-order valence-electron chi connectivity index (χ4n) is 1.95. The van der Waals surface area contributed by atoms with E-state index < -0.39 is 0 Å². The molecule has 0 aliphatic carbocycles. The number of aromatic nitrogens is 2. The Labute approximate surface area is 130 Å². The normalized spacial score (nSPS) is 12.1. The van der Waals surface area contributed by atoms with Crippen molar-refractivity contribution in [2.75, 3.05) is 0 Å². The Bertz CT molecular complexity index is 636. The fourth-order valence-corrected chi connectivity index (χ4v) is 2.07. The zero-order valence-electron chi connectivity index (χ0n) is 12.7. The topological polar surface area (TPSA) is 53.1 Å². The lowest BCUT2D eigenvalue weighted by Crippen LogP contribution is -2.10. The van der Waals surface area contributed by atoms with Crippen molar-refractivity contribution in [1.82, 2.24) is 9.78 Å². The van der Waals surface area contributed by atoms with Crippen molar-refractivity contribution in [3.05, 3.63) is 47.3 Å². The van der Waals surface area contributed by atoms with Crippen molar-refractivity contribution in [1.29, 1.82) is 0 Å². The number of nitrogens with zero attached hydrogens (tertiary/aromatic N) is 2. The molecular formula is C16H21N3OS. The van der Waals surface area contributed by atoms with Crippen LogP contribution in [0.4, 0.5) is 0 Å². The van der Waals surface area contributed by atoms with Crippen LogP contribution in [0.25, 0.3) is 0 Å². The fraction of sp³-hybridized carbons (Fsp3) is 0.375. The van der Waals surface area contributed by atoms with Gasteiger partial charge in [0.25, 0.3) is 0 Å². The molecule has 2 N–H and O–H groups in total. The maximum absolute atomic E-state index is 5.85. The standard InChI is InChI=1S/C16H21N3OS/c1-4-12(3)19-8-7-14(18-19)10-20-15-9-13(16(17)21)6-5-11(15)2/h5-9,12H,4,10H2,1-3H3,(H2,17,21). The number of thiocarbonyl (C=S) groups is 1. The van der Waals surface area contributed by atoms with Gasteiger partial charge in [-0.15, -0.1) is 0 Å². The molecule has 0 saturated carbocycles. The van der Waals surface area contributed by atoms with Gasteiger partial charge < -0.3 is 10.5 Å². The molecule has 0 spiro atoms. The highest BCUT2D eigenvalue weighted by atomic mass is 32.1. The van der Waals surface area contributed by atoms with Crippen LogP contribution in [0.3, 0.4) is 0 Å². The average molecular weight is 303 g/mol. The molecule has 1 unspecified atom stereocenters.